The molecule has 4 heteroatoms. The Morgan fingerprint density at radius 3 is 2.17 bits per heavy atom. The van der Waals surface area contributed by atoms with Gasteiger partial charge in [0, 0.05) is 12.8 Å². The lowest BCUT2D eigenvalue weighted by molar-refractivity contribution is 0.406. The lowest BCUT2D eigenvalue weighted by Gasteiger charge is -2.18. The molecule has 0 heterocycles. The van der Waals surface area contributed by atoms with Crippen LogP contribution in [0.1, 0.15) is 31.9 Å². The summed E-state index contributed by atoms with van der Waals surface area (Å²) < 4.78 is 0. The highest BCUT2D eigenvalue weighted by molar-refractivity contribution is 5.41. The van der Waals surface area contributed by atoms with E-state index < -0.39 is 5.66 Å². The molecule has 0 fully saturated rings. The number of carbonyl (C=O) groups excluding carboxylic acids is 1. The molecule has 0 bridgehead atoms. The van der Waals surface area contributed by atoms with Crippen LogP contribution in [0.4, 0.5) is 0 Å². The highest BCUT2D eigenvalue weighted by Gasteiger charge is 2.38. The monoisotopic (exact) mass is 243 g/mol. The van der Waals surface area contributed by atoms with Crippen molar-refractivity contribution < 1.29 is 4.79 Å². The van der Waals surface area contributed by atoms with E-state index in [1.54, 1.807) is 6.08 Å². The SMILES string of the molecule is CC(C)(C)N=NC1(N=C=O)Cc2ccccc2C1. The molecule has 2 rings (SSSR count). The molecule has 1 aromatic rings. The number of hydrogen-bond acceptors (Lipinski definition) is 4. The number of aliphatic imine (C=N–C) groups is 1. The Hall–Kier alpha value is -1.80. The van der Waals surface area contributed by atoms with E-state index >= 15 is 0 Å². The first kappa shape index (κ1) is 12.7. The molecular weight excluding hydrogens is 226 g/mol. The van der Waals surface area contributed by atoms with Gasteiger partial charge < -0.3 is 0 Å². The number of isocyanates is 1. The molecule has 0 spiro atoms. The fraction of sp³-hybridized carbons (Fsp3) is 0.500. The number of benzene rings is 1. The third-order valence-corrected chi connectivity index (χ3v) is 2.86. The summed E-state index contributed by atoms with van der Waals surface area (Å²) in [6.07, 6.45) is 2.89. The topological polar surface area (TPSA) is 54.1 Å². The van der Waals surface area contributed by atoms with Crippen molar-refractivity contribution in [2.24, 2.45) is 15.2 Å². The average molecular weight is 243 g/mol. The quantitative estimate of drug-likeness (QED) is 0.447. The van der Waals surface area contributed by atoms with Gasteiger partial charge in [0.1, 0.15) is 0 Å². The van der Waals surface area contributed by atoms with Crippen molar-refractivity contribution in [2.75, 3.05) is 0 Å². The van der Waals surface area contributed by atoms with Crippen molar-refractivity contribution in [3.05, 3.63) is 35.4 Å². The van der Waals surface area contributed by atoms with E-state index in [0.717, 1.165) is 0 Å². The van der Waals surface area contributed by atoms with E-state index in [2.05, 4.69) is 15.2 Å². The van der Waals surface area contributed by atoms with Crippen LogP contribution in [-0.2, 0) is 17.6 Å². The summed E-state index contributed by atoms with van der Waals surface area (Å²) in [7, 11) is 0. The van der Waals surface area contributed by atoms with Crippen LogP contribution in [0.5, 0.6) is 0 Å². The second kappa shape index (κ2) is 4.46. The van der Waals surface area contributed by atoms with Crippen molar-refractivity contribution in [3.63, 3.8) is 0 Å². The first-order chi connectivity index (χ1) is 8.44. The minimum Gasteiger partial charge on any atom is -0.211 e. The largest absolute Gasteiger partial charge is 0.237 e. The molecule has 0 N–H and O–H groups in total. The van der Waals surface area contributed by atoms with Gasteiger partial charge in [-0.15, -0.1) is 0 Å². The maximum Gasteiger partial charge on any atom is 0.237 e. The zero-order valence-corrected chi connectivity index (χ0v) is 11.0. The zero-order chi connectivity index (χ0) is 13.2. The number of nitrogens with zero attached hydrogens (tertiary/aromatic N) is 3. The predicted octanol–water partition coefficient (Wildman–Crippen LogP) is 3.07. The summed E-state index contributed by atoms with van der Waals surface area (Å²) in [5, 5.41) is 8.59. The maximum absolute atomic E-state index is 10.6. The molecule has 0 radical (unpaired) electrons. The maximum atomic E-state index is 10.6. The van der Waals surface area contributed by atoms with Crippen LogP contribution < -0.4 is 0 Å². The molecule has 0 saturated heterocycles. The van der Waals surface area contributed by atoms with Crippen LogP contribution >= 0.6 is 0 Å². The zero-order valence-electron chi connectivity index (χ0n) is 11.0. The van der Waals surface area contributed by atoms with E-state index in [9.17, 15) is 4.79 Å². The predicted molar refractivity (Wildman–Crippen MR) is 69.3 cm³/mol. The fourth-order valence-corrected chi connectivity index (χ4v) is 2.08. The Kier molecular flexibility index (Phi) is 3.14. The van der Waals surface area contributed by atoms with Crippen molar-refractivity contribution in [1.29, 1.82) is 0 Å². The molecule has 1 aromatic carbocycles. The lowest BCUT2D eigenvalue weighted by Crippen LogP contribution is -2.25. The molecule has 1 aliphatic carbocycles. The Morgan fingerprint density at radius 2 is 1.72 bits per heavy atom. The van der Waals surface area contributed by atoms with E-state index in [-0.39, 0.29) is 5.54 Å². The van der Waals surface area contributed by atoms with E-state index in [0.29, 0.717) is 12.8 Å². The normalized spacial score (nSPS) is 17.5. The summed E-state index contributed by atoms with van der Waals surface area (Å²) in [6.45, 7) is 5.91. The standard InChI is InChI=1S/C14H17N3O/c1-13(2,3)16-17-14(15-10-18)8-11-6-4-5-7-12(11)9-14/h4-7H,8-9H2,1-3H3. The van der Waals surface area contributed by atoms with E-state index in [1.807, 2.05) is 45.0 Å². The molecule has 0 aliphatic heterocycles. The Bertz CT molecular complexity index is 497. The van der Waals surface area contributed by atoms with Gasteiger partial charge in [-0.1, -0.05) is 24.3 Å². The molecule has 0 saturated carbocycles. The van der Waals surface area contributed by atoms with Gasteiger partial charge >= 0.3 is 0 Å². The van der Waals surface area contributed by atoms with Gasteiger partial charge in [-0.2, -0.15) is 15.2 Å². The number of rotatable bonds is 2. The third-order valence-electron chi connectivity index (χ3n) is 2.86. The molecule has 1 aliphatic rings. The van der Waals surface area contributed by atoms with Gasteiger partial charge in [0.2, 0.25) is 6.08 Å². The summed E-state index contributed by atoms with van der Waals surface area (Å²) in [5.41, 5.74) is 1.33. The second-order valence-corrected chi connectivity index (χ2v) is 5.68. The smallest absolute Gasteiger partial charge is 0.211 e. The van der Waals surface area contributed by atoms with Gasteiger partial charge in [0.05, 0.1) is 5.54 Å². The second-order valence-electron chi connectivity index (χ2n) is 5.68. The highest BCUT2D eigenvalue weighted by Crippen LogP contribution is 2.34. The van der Waals surface area contributed by atoms with Gasteiger partial charge in [-0.05, 0) is 31.9 Å². The molecular formula is C14H17N3O. The molecule has 0 aromatic heterocycles. The van der Waals surface area contributed by atoms with Crippen molar-refractivity contribution in [2.45, 2.75) is 44.8 Å². The van der Waals surface area contributed by atoms with Crippen LogP contribution in [0.3, 0.4) is 0 Å². The lowest BCUT2D eigenvalue weighted by atomic mass is 10.1. The summed E-state index contributed by atoms with van der Waals surface area (Å²) in [4.78, 5) is 14.6. The average Bonchev–Trinajstić information content (AvgIpc) is 2.65. The number of hydrogen-bond donors (Lipinski definition) is 0. The third kappa shape index (κ3) is 2.71. The fourth-order valence-electron chi connectivity index (χ4n) is 2.08. The van der Waals surface area contributed by atoms with Crippen molar-refractivity contribution in [3.8, 4) is 0 Å². The van der Waals surface area contributed by atoms with Crippen molar-refractivity contribution >= 4 is 6.08 Å². The Labute approximate surface area is 107 Å². The Morgan fingerprint density at radius 1 is 1.17 bits per heavy atom. The Balaban J connectivity index is 2.33. The molecule has 0 amide bonds. The van der Waals surface area contributed by atoms with Crippen LogP contribution in [-0.4, -0.2) is 17.3 Å². The summed E-state index contributed by atoms with van der Waals surface area (Å²) in [6, 6.07) is 8.06. The van der Waals surface area contributed by atoms with Gasteiger partial charge in [-0.25, -0.2) is 4.79 Å². The summed E-state index contributed by atoms with van der Waals surface area (Å²) >= 11 is 0. The van der Waals surface area contributed by atoms with Crippen molar-refractivity contribution in [1.82, 2.24) is 0 Å². The van der Waals surface area contributed by atoms with Gasteiger partial charge in [0.25, 0.3) is 0 Å². The van der Waals surface area contributed by atoms with Gasteiger partial charge in [-0.3, -0.25) is 0 Å². The minimum absolute atomic E-state index is 0.264. The van der Waals surface area contributed by atoms with Gasteiger partial charge in [0.15, 0.2) is 5.66 Å². The molecule has 94 valence electrons. The molecule has 4 nitrogen and oxygen atoms in total. The number of azo groups is 1. The molecule has 18 heavy (non-hydrogen) atoms. The van der Waals surface area contributed by atoms with Crippen LogP contribution in [0.15, 0.2) is 39.5 Å². The van der Waals surface area contributed by atoms with Crippen LogP contribution in [0.25, 0.3) is 0 Å². The molecule has 0 unspecified atom stereocenters. The van der Waals surface area contributed by atoms with E-state index in [4.69, 9.17) is 0 Å². The number of fused-ring (bicyclic) bond motifs is 1. The van der Waals surface area contributed by atoms with E-state index in [1.165, 1.54) is 11.1 Å². The first-order valence-corrected chi connectivity index (χ1v) is 6.04. The summed E-state index contributed by atoms with van der Waals surface area (Å²) in [5.74, 6) is 0. The first-order valence-electron chi connectivity index (χ1n) is 6.04. The van der Waals surface area contributed by atoms with Crippen LogP contribution in [0.2, 0.25) is 0 Å². The molecule has 0 atom stereocenters. The van der Waals surface area contributed by atoms with Crippen LogP contribution in [0, 0.1) is 0 Å². The minimum atomic E-state index is -0.779. The highest BCUT2D eigenvalue weighted by atomic mass is 16.1.